The molecule has 2 nitrogen and oxygen atoms in total. The normalized spacial score (nSPS) is 25.7. The van der Waals surface area contributed by atoms with Crippen molar-refractivity contribution in [2.45, 2.75) is 37.6 Å². The van der Waals surface area contributed by atoms with Crippen LogP contribution in [-0.2, 0) is 0 Å². The molecule has 0 radical (unpaired) electrons. The molecule has 1 fully saturated rings. The molecule has 1 heterocycles. The molecular formula is C14H19NO. The first kappa shape index (κ1) is 10.2. The van der Waals surface area contributed by atoms with Crippen LogP contribution in [0.1, 0.15) is 37.2 Å². The van der Waals surface area contributed by atoms with E-state index in [4.69, 9.17) is 10.5 Å². The van der Waals surface area contributed by atoms with Crippen LogP contribution in [0.2, 0.25) is 0 Å². The maximum atomic E-state index is 6.23. The second-order valence-corrected chi connectivity index (χ2v) is 5.11. The Bertz CT molecular complexity index is 373. The SMILES string of the molecule is NC(CC1CCOc2ccccc21)C1CC1. The molecule has 1 aromatic rings. The number of rotatable bonds is 3. The lowest BCUT2D eigenvalue weighted by Gasteiger charge is -2.27. The molecule has 0 bridgehead atoms. The second kappa shape index (κ2) is 4.10. The van der Waals surface area contributed by atoms with Crippen molar-refractivity contribution in [2.24, 2.45) is 11.7 Å². The molecule has 1 aromatic carbocycles. The summed E-state index contributed by atoms with van der Waals surface area (Å²) >= 11 is 0. The summed E-state index contributed by atoms with van der Waals surface area (Å²) in [6, 6.07) is 8.81. The molecule has 2 heteroatoms. The molecule has 2 atom stereocenters. The van der Waals surface area contributed by atoms with Crippen LogP contribution < -0.4 is 10.5 Å². The Morgan fingerprint density at radius 3 is 2.88 bits per heavy atom. The average molecular weight is 217 g/mol. The molecule has 0 amide bonds. The summed E-state index contributed by atoms with van der Waals surface area (Å²) in [5, 5.41) is 0. The van der Waals surface area contributed by atoms with Crippen LogP contribution in [0.4, 0.5) is 0 Å². The molecule has 1 saturated carbocycles. The fourth-order valence-electron chi connectivity index (χ4n) is 2.71. The van der Waals surface area contributed by atoms with Gasteiger partial charge in [0.25, 0.3) is 0 Å². The van der Waals surface area contributed by atoms with Gasteiger partial charge in [-0.25, -0.2) is 0 Å². The first-order chi connectivity index (χ1) is 7.84. The van der Waals surface area contributed by atoms with Gasteiger partial charge < -0.3 is 10.5 Å². The monoisotopic (exact) mass is 217 g/mol. The van der Waals surface area contributed by atoms with Crippen molar-refractivity contribution in [1.82, 2.24) is 0 Å². The Morgan fingerprint density at radius 1 is 1.25 bits per heavy atom. The highest BCUT2D eigenvalue weighted by molar-refractivity contribution is 5.37. The van der Waals surface area contributed by atoms with E-state index in [9.17, 15) is 0 Å². The third kappa shape index (κ3) is 1.94. The van der Waals surface area contributed by atoms with Crippen molar-refractivity contribution in [1.29, 1.82) is 0 Å². The van der Waals surface area contributed by atoms with Crippen LogP contribution in [0.25, 0.3) is 0 Å². The van der Waals surface area contributed by atoms with Crippen LogP contribution in [0, 0.1) is 5.92 Å². The number of para-hydroxylation sites is 1. The van der Waals surface area contributed by atoms with Gasteiger partial charge in [0.05, 0.1) is 6.61 Å². The van der Waals surface area contributed by atoms with Crippen molar-refractivity contribution in [2.75, 3.05) is 6.61 Å². The molecule has 0 spiro atoms. The standard InChI is InChI=1S/C14H19NO/c15-13(10-5-6-10)9-11-7-8-16-14-4-2-1-3-12(11)14/h1-4,10-11,13H,5-9,15H2. The van der Waals surface area contributed by atoms with Gasteiger partial charge in [-0.15, -0.1) is 0 Å². The lowest BCUT2D eigenvalue weighted by Crippen LogP contribution is -2.27. The molecule has 2 aliphatic rings. The Labute approximate surface area is 96.8 Å². The summed E-state index contributed by atoms with van der Waals surface area (Å²) in [6.07, 6.45) is 4.93. The van der Waals surface area contributed by atoms with E-state index in [0.717, 1.165) is 31.1 Å². The smallest absolute Gasteiger partial charge is 0.122 e. The van der Waals surface area contributed by atoms with Crippen molar-refractivity contribution in [3.05, 3.63) is 29.8 Å². The molecule has 2 unspecified atom stereocenters. The summed E-state index contributed by atoms with van der Waals surface area (Å²) in [5.41, 5.74) is 7.59. The molecule has 86 valence electrons. The molecule has 0 saturated heterocycles. The highest BCUT2D eigenvalue weighted by Gasteiger charge is 2.32. The van der Waals surface area contributed by atoms with Gasteiger partial charge in [0.1, 0.15) is 5.75 Å². The minimum absolute atomic E-state index is 0.399. The Morgan fingerprint density at radius 2 is 2.06 bits per heavy atom. The van der Waals surface area contributed by atoms with Crippen LogP contribution in [-0.4, -0.2) is 12.6 Å². The van der Waals surface area contributed by atoms with E-state index in [0.29, 0.717) is 12.0 Å². The van der Waals surface area contributed by atoms with Crippen molar-refractivity contribution < 1.29 is 4.74 Å². The summed E-state index contributed by atoms with van der Waals surface area (Å²) in [6.45, 7) is 0.846. The predicted octanol–water partition coefficient (Wildman–Crippen LogP) is 2.68. The Hall–Kier alpha value is -1.02. The van der Waals surface area contributed by atoms with Gasteiger partial charge in [-0.3, -0.25) is 0 Å². The van der Waals surface area contributed by atoms with E-state index >= 15 is 0 Å². The minimum Gasteiger partial charge on any atom is -0.493 e. The number of benzene rings is 1. The van der Waals surface area contributed by atoms with Crippen LogP contribution >= 0.6 is 0 Å². The van der Waals surface area contributed by atoms with Gasteiger partial charge in [0.2, 0.25) is 0 Å². The maximum absolute atomic E-state index is 6.23. The summed E-state index contributed by atoms with van der Waals surface area (Å²) in [7, 11) is 0. The van der Waals surface area contributed by atoms with Crippen molar-refractivity contribution in [3.63, 3.8) is 0 Å². The number of hydrogen-bond acceptors (Lipinski definition) is 2. The first-order valence-electron chi connectivity index (χ1n) is 6.32. The number of ether oxygens (including phenoxy) is 1. The zero-order chi connectivity index (χ0) is 11.0. The minimum atomic E-state index is 0.399. The quantitative estimate of drug-likeness (QED) is 0.844. The fourth-order valence-corrected chi connectivity index (χ4v) is 2.71. The lowest BCUT2D eigenvalue weighted by molar-refractivity contribution is 0.257. The molecule has 16 heavy (non-hydrogen) atoms. The molecule has 3 rings (SSSR count). The predicted molar refractivity (Wildman–Crippen MR) is 64.6 cm³/mol. The van der Waals surface area contributed by atoms with Gasteiger partial charge in [0, 0.05) is 6.04 Å². The van der Waals surface area contributed by atoms with Crippen molar-refractivity contribution in [3.8, 4) is 5.75 Å². The van der Waals surface area contributed by atoms with Gasteiger partial charge in [-0.05, 0) is 49.1 Å². The number of nitrogens with two attached hydrogens (primary N) is 1. The van der Waals surface area contributed by atoms with Crippen molar-refractivity contribution >= 4 is 0 Å². The summed E-state index contributed by atoms with van der Waals surface area (Å²) in [4.78, 5) is 0. The first-order valence-corrected chi connectivity index (χ1v) is 6.32. The van der Waals surface area contributed by atoms with E-state index in [-0.39, 0.29) is 0 Å². The molecule has 1 aliphatic carbocycles. The van der Waals surface area contributed by atoms with E-state index in [2.05, 4.69) is 18.2 Å². The number of hydrogen-bond donors (Lipinski definition) is 1. The van der Waals surface area contributed by atoms with E-state index in [1.165, 1.54) is 18.4 Å². The lowest BCUT2D eigenvalue weighted by atomic mass is 9.86. The zero-order valence-corrected chi connectivity index (χ0v) is 9.56. The molecule has 0 aromatic heterocycles. The summed E-state index contributed by atoms with van der Waals surface area (Å²) in [5.74, 6) is 2.48. The zero-order valence-electron chi connectivity index (χ0n) is 9.56. The van der Waals surface area contributed by atoms with Gasteiger partial charge in [0.15, 0.2) is 0 Å². The van der Waals surface area contributed by atoms with Gasteiger partial charge in [-0.1, -0.05) is 18.2 Å². The topological polar surface area (TPSA) is 35.2 Å². The largest absolute Gasteiger partial charge is 0.493 e. The number of fused-ring (bicyclic) bond motifs is 1. The Kier molecular flexibility index (Phi) is 2.60. The van der Waals surface area contributed by atoms with E-state index < -0.39 is 0 Å². The third-order valence-corrected chi connectivity index (χ3v) is 3.87. The molecule has 1 aliphatic heterocycles. The molecular weight excluding hydrogens is 198 g/mol. The van der Waals surface area contributed by atoms with Crippen LogP contribution in [0.5, 0.6) is 5.75 Å². The highest BCUT2D eigenvalue weighted by atomic mass is 16.5. The highest BCUT2D eigenvalue weighted by Crippen LogP contribution is 2.40. The summed E-state index contributed by atoms with van der Waals surface area (Å²) < 4.78 is 5.67. The van der Waals surface area contributed by atoms with E-state index in [1.807, 2.05) is 6.07 Å². The van der Waals surface area contributed by atoms with Crippen LogP contribution in [0.15, 0.2) is 24.3 Å². The maximum Gasteiger partial charge on any atom is 0.122 e. The van der Waals surface area contributed by atoms with Gasteiger partial charge >= 0.3 is 0 Å². The van der Waals surface area contributed by atoms with E-state index in [1.54, 1.807) is 0 Å². The average Bonchev–Trinajstić information content (AvgIpc) is 3.13. The molecule has 2 N–H and O–H groups in total. The van der Waals surface area contributed by atoms with Crippen LogP contribution in [0.3, 0.4) is 0 Å². The third-order valence-electron chi connectivity index (χ3n) is 3.87. The Balaban J connectivity index is 1.76. The fraction of sp³-hybridized carbons (Fsp3) is 0.571. The van der Waals surface area contributed by atoms with Gasteiger partial charge in [-0.2, -0.15) is 0 Å². The second-order valence-electron chi connectivity index (χ2n) is 5.11.